The van der Waals surface area contributed by atoms with E-state index in [1.54, 1.807) is 22.9 Å². The highest BCUT2D eigenvalue weighted by atomic mass is 32.2. The summed E-state index contributed by atoms with van der Waals surface area (Å²) in [5.41, 5.74) is 6.35. The fourth-order valence-corrected chi connectivity index (χ4v) is 3.19. The van der Waals surface area contributed by atoms with Crippen LogP contribution < -0.4 is 10.6 Å². The minimum atomic E-state index is -0.582. The van der Waals surface area contributed by atoms with E-state index in [-0.39, 0.29) is 12.2 Å². The van der Waals surface area contributed by atoms with Gasteiger partial charge in [0.1, 0.15) is 5.69 Å². The number of nitrogens with zero attached hydrogens (tertiary/aromatic N) is 4. The quantitative estimate of drug-likeness (QED) is 0.932. The maximum atomic E-state index is 14.3. The molecule has 1 aromatic carbocycles. The van der Waals surface area contributed by atoms with Crippen LogP contribution in [0.15, 0.2) is 18.3 Å². The molecule has 1 aliphatic heterocycles. The molecule has 2 heterocycles. The molecular formula is C13H15F2N5S. The molecule has 0 bridgehead atoms. The number of halogens is 2. The zero-order valence-corrected chi connectivity index (χ0v) is 12.1. The third-order valence-electron chi connectivity index (χ3n) is 3.34. The van der Waals surface area contributed by atoms with Crippen LogP contribution in [0.1, 0.15) is 5.69 Å². The molecule has 3 rings (SSSR count). The first-order chi connectivity index (χ1) is 10.2. The Balaban J connectivity index is 1.95. The molecular weight excluding hydrogens is 296 g/mol. The van der Waals surface area contributed by atoms with Crippen LogP contribution in [0.2, 0.25) is 0 Å². The van der Waals surface area contributed by atoms with Gasteiger partial charge >= 0.3 is 0 Å². The van der Waals surface area contributed by atoms with E-state index in [0.29, 0.717) is 24.5 Å². The van der Waals surface area contributed by atoms with Crippen molar-refractivity contribution in [2.24, 2.45) is 5.73 Å². The number of anilines is 1. The average Bonchev–Trinajstić information content (AvgIpc) is 2.96. The van der Waals surface area contributed by atoms with Gasteiger partial charge in [0, 0.05) is 43.3 Å². The van der Waals surface area contributed by atoms with Gasteiger partial charge in [0.15, 0.2) is 11.6 Å². The Morgan fingerprint density at radius 2 is 1.86 bits per heavy atom. The molecule has 5 nitrogen and oxygen atoms in total. The molecule has 0 saturated carbocycles. The van der Waals surface area contributed by atoms with Crippen molar-refractivity contribution in [2.75, 3.05) is 29.5 Å². The summed E-state index contributed by atoms with van der Waals surface area (Å²) >= 11 is 1.79. The monoisotopic (exact) mass is 311 g/mol. The van der Waals surface area contributed by atoms with Crippen LogP contribution in [0.4, 0.5) is 14.5 Å². The number of thioether (sulfide) groups is 1. The SMILES string of the molecule is NCc1cn(-c2cc(F)c(N3CCSCC3)c(F)c2)nn1. The molecule has 2 N–H and O–H groups in total. The van der Waals surface area contributed by atoms with Gasteiger partial charge in [-0.15, -0.1) is 5.10 Å². The van der Waals surface area contributed by atoms with Gasteiger partial charge in [-0.3, -0.25) is 0 Å². The lowest BCUT2D eigenvalue weighted by Crippen LogP contribution is -2.33. The van der Waals surface area contributed by atoms with E-state index in [4.69, 9.17) is 5.73 Å². The maximum absolute atomic E-state index is 14.3. The van der Waals surface area contributed by atoms with Crippen molar-refractivity contribution in [1.82, 2.24) is 15.0 Å². The second kappa shape index (κ2) is 5.98. The van der Waals surface area contributed by atoms with Crippen LogP contribution in [0, 0.1) is 11.6 Å². The third kappa shape index (κ3) is 2.86. The van der Waals surface area contributed by atoms with E-state index >= 15 is 0 Å². The largest absolute Gasteiger partial charge is 0.365 e. The van der Waals surface area contributed by atoms with Crippen molar-refractivity contribution in [3.63, 3.8) is 0 Å². The first-order valence-corrected chi connectivity index (χ1v) is 7.78. The maximum Gasteiger partial charge on any atom is 0.151 e. The lowest BCUT2D eigenvalue weighted by molar-refractivity contribution is 0.570. The van der Waals surface area contributed by atoms with Crippen LogP contribution in [-0.4, -0.2) is 39.6 Å². The molecule has 1 fully saturated rings. The molecule has 21 heavy (non-hydrogen) atoms. The van der Waals surface area contributed by atoms with Gasteiger partial charge in [0.2, 0.25) is 0 Å². The Bertz CT molecular complexity index is 616. The Morgan fingerprint density at radius 1 is 1.19 bits per heavy atom. The van der Waals surface area contributed by atoms with Gasteiger partial charge in [-0.2, -0.15) is 11.8 Å². The van der Waals surface area contributed by atoms with Crippen molar-refractivity contribution in [3.05, 3.63) is 35.7 Å². The van der Waals surface area contributed by atoms with E-state index in [1.165, 1.54) is 16.8 Å². The van der Waals surface area contributed by atoms with E-state index < -0.39 is 11.6 Å². The number of benzene rings is 1. The van der Waals surface area contributed by atoms with Gasteiger partial charge in [0.25, 0.3) is 0 Å². The second-order valence-corrected chi connectivity index (χ2v) is 5.94. The number of hydrogen-bond acceptors (Lipinski definition) is 5. The van der Waals surface area contributed by atoms with Gasteiger partial charge in [-0.1, -0.05) is 5.21 Å². The molecule has 0 amide bonds. The molecule has 0 radical (unpaired) electrons. The van der Waals surface area contributed by atoms with E-state index in [2.05, 4.69) is 10.3 Å². The smallest absolute Gasteiger partial charge is 0.151 e. The first kappa shape index (κ1) is 14.3. The highest BCUT2D eigenvalue weighted by Crippen LogP contribution is 2.28. The van der Waals surface area contributed by atoms with Gasteiger partial charge in [-0.25, -0.2) is 13.5 Å². The summed E-state index contributed by atoms with van der Waals surface area (Å²) in [5.74, 6) is 0.594. The predicted octanol–water partition coefficient (Wildman–Crippen LogP) is 1.56. The molecule has 0 aliphatic carbocycles. The number of nitrogens with two attached hydrogens (primary N) is 1. The molecule has 1 saturated heterocycles. The number of rotatable bonds is 3. The van der Waals surface area contributed by atoms with Crippen LogP contribution in [0.3, 0.4) is 0 Å². The zero-order chi connectivity index (χ0) is 14.8. The fourth-order valence-electron chi connectivity index (χ4n) is 2.29. The fraction of sp³-hybridized carbons (Fsp3) is 0.385. The molecule has 0 spiro atoms. The zero-order valence-electron chi connectivity index (χ0n) is 11.3. The van der Waals surface area contributed by atoms with Gasteiger partial charge in [-0.05, 0) is 0 Å². The summed E-state index contributed by atoms with van der Waals surface area (Å²) in [6.45, 7) is 1.53. The van der Waals surface area contributed by atoms with Crippen molar-refractivity contribution < 1.29 is 8.78 Å². The van der Waals surface area contributed by atoms with Crippen LogP contribution >= 0.6 is 11.8 Å². The lowest BCUT2D eigenvalue weighted by Gasteiger charge is -2.29. The van der Waals surface area contributed by atoms with Crippen LogP contribution in [0.25, 0.3) is 5.69 Å². The minimum Gasteiger partial charge on any atom is -0.365 e. The molecule has 112 valence electrons. The molecule has 1 aromatic heterocycles. The second-order valence-electron chi connectivity index (χ2n) is 4.72. The van der Waals surface area contributed by atoms with E-state index in [1.807, 2.05) is 0 Å². The first-order valence-electron chi connectivity index (χ1n) is 6.62. The Hall–Kier alpha value is -1.67. The van der Waals surface area contributed by atoms with Crippen LogP contribution in [0.5, 0.6) is 0 Å². The summed E-state index contributed by atoms with van der Waals surface area (Å²) in [6.07, 6.45) is 1.56. The molecule has 2 aromatic rings. The van der Waals surface area contributed by atoms with Crippen molar-refractivity contribution in [1.29, 1.82) is 0 Å². The van der Waals surface area contributed by atoms with Gasteiger partial charge in [0.05, 0.1) is 17.6 Å². The normalized spacial score (nSPS) is 15.5. The average molecular weight is 311 g/mol. The molecule has 0 unspecified atom stereocenters. The lowest BCUT2D eigenvalue weighted by atomic mass is 10.2. The van der Waals surface area contributed by atoms with Crippen molar-refractivity contribution in [3.8, 4) is 5.69 Å². The summed E-state index contributed by atoms with van der Waals surface area (Å²) in [6, 6.07) is 2.55. The molecule has 8 heteroatoms. The molecule has 0 atom stereocenters. The molecule has 1 aliphatic rings. The predicted molar refractivity (Wildman–Crippen MR) is 78.7 cm³/mol. The Labute approximate surface area is 125 Å². The summed E-state index contributed by atoms with van der Waals surface area (Å²) in [7, 11) is 0. The summed E-state index contributed by atoms with van der Waals surface area (Å²) < 4.78 is 29.9. The third-order valence-corrected chi connectivity index (χ3v) is 4.29. The minimum absolute atomic E-state index is 0.0400. The Kier molecular flexibility index (Phi) is 4.07. The summed E-state index contributed by atoms with van der Waals surface area (Å²) in [5, 5.41) is 7.63. The van der Waals surface area contributed by atoms with E-state index in [9.17, 15) is 8.78 Å². The van der Waals surface area contributed by atoms with Gasteiger partial charge < -0.3 is 10.6 Å². The highest BCUT2D eigenvalue weighted by molar-refractivity contribution is 7.99. The van der Waals surface area contributed by atoms with Crippen molar-refractivity contribution in [2.45, 2.75) is 6.54 Å². The van der Waals surface area contributed by atoms with E-state index in [0.717, 1.165) is 11.5 Å². The Morgan fingerprint density at radius 3 is 2.43 bits per heavy atom. The topological polar surface area (TPSA) is 60.0 Å². The van der Waals surface area contributed by atoms with Crippen molar-refractivity contribution >= 4 is 17.4 Å². The number of hydrogen-bond donors (Lipinski definition) is 1. The summed E-state index contributed by atoms with van der Waals surface area (Å²) in [4.78, 5) is 1.75. The highest BCUT2D eigenvalue weighted by Gasteiger charge is 2.20. The standard InChI is InChI=1S/C13H15F2N5S/c14-11-5-10(20-8-9(7-16)17-18-20)6-12(15)13(11)19-1-3-21-4-2-19/h5-6,8H,1-4,7,16H2. The van der Waals surface area contributed by atoms with Crippen LogP contribution in [-0.2, 0) is 6.54 Å². The number of aromatic nitrogens is 3.